The molecule has 0 aliphatic rings. The lowest BCUT2D eigenvalue weighted by molar-refractivity contribution is -0.148. The number of halogens is 1. The lowest BCUT2D eigenvalue weighted by atomic mass is 9.85. The van der Waals surface area contributed by atoms with Gasteiger partial charge < -0.3 is 4.74 Å². The number of rotatable bonds is 4. The maximum atomic E-state index is 11.8. The Morgan fingerprint density at radius 2 is 2.00 bits per heavy atom. The van der Waals surface area contributed by atoms with Crippen LogP contribution >= 0.6 is 15.9 Å². The highest BCUT2D eigenvalue weighted by Gasteiger charge is 2.35. The van der Waals surface area contributed by atoms with Crippen molar-refractivity contribution in [3.8, 4) is 0 Å². The molecule has 15 heavy (non-hydrogen) atoms. The number of benzene rings is 1. The highest BCUT2D eigenvalue weighted by atomic mass is 79.9. The fraction of sp³-hybridized carbons (Fsp3) is 0.417. The van der Waals surface area contributed by atoms with Gasteiger partial charge in [0.15, 0.2) is 0 Å². The van der Waals surface area contributed by atoms with E-state index in [1.54, 1.807) is 0 Å². The topological polar surface area (TPSA) is 26.3 Å². The summed E-state index contributed by atoms with van der Waals surface area (Å²) in [5.41, 5.74) is 0.373. The van der Waals surface area contributed by atoms with Crippen LogP contribution in [-0.2, 0) is 14.9 Å². The van der Waals surface area contributed by atoms with Crippen molar-refractivity contribution in [2.75, 3.05) is 11.9 Å². The van der Waals surface area contributed by atoms with Crippen molar-refractivity contribution in [2.45, 2.75) is 19.3 Å². The smallest absolute Gasteiger partial charge is 0.317 e. The molecule has 0 saturated carbocycles. The molecule has 0 aromatic heterocycles. The average molecular weight is 271 g/mol. The van der Waals surface area contributed by atoms with Gasteiger partial charge in [0.25, 0.3) is 0 Å². The van der Waals surface area contributed by atoms with E-state index < -0.39 is 5.41 Å². The highest BCUT2D eigenvalue weighted by molar-refractivity contribution is 9.09. The molecule has 82 valence electrons. The van der Waals surface area contributed by atoms with Crippen LogP contribution in [0.4, 0.5) is 0 Å². The van der Waals surface area contributed by atoms with Crippen LogP contribution in [0.25, 0.3) is 0 Å². The number of hydrogen-bond donors (Lipinski definition) is 0. The second kappa shape index (κ2) is 5.31. The second-order valence-corrected chi connectivity index (χ2v) is 4.11. The molecule has 1 atom stereocenters. The Morgan fingerprint density at radius 3 is 2.47 bits per heavy atom. The van der Waals surface area contributed by atoms with Crippen LogP contribution in [-0.4, -0.2) is 17.9 Å². The minimum Gasteiger partial charge on any atom is -0.465 e. The molecule has 0 aliphatic carbocycles. The van der Waals surface area contributed by atoms with Gasteiger partial charge in [0, 0.05) is 5.33 Å². The van der Waals surface area contributed by atoms with Gasteiger partial charge in [-0.25, -0.2) is 0 Å². The van der Waals surface area contributed by atoms with E-state index in [-0.39, 0.29) is 5.97 Å². The maximum absolute atomic E-state index is 11.8. The third kappa shape index (κ3) is 2.59. The first kappa shape index (κ1) is 12.2. The summed E-state index contributed by atoms with van der Waals surface area (Å²) in [6.45, 7) is 4.11. The Morgan fingerprint density at radius 1 is 1.40 bits per heavy atom. The lowest BCUT2D eigenvalue weighted by Crippen LogP contribution is -2.36. The van der Waals surface area contributed by atoms with Crippen molar-refractivity contribution in [3.05, 3.63) is 35.9 Å². The number of esters is 1. The normalized spacial score (nSPS) is 14.3. The van der Waals surface area contributed by atoms with Gasteiger partial charge in [-0.2, -0.15) is 0 Å². The van der Waals surface area contributed by atoms with Crippen LogP contribution in [0, 0.1) is 0 Å². The fourth-order valence-corrected chi connectivity index (χ4v) is 1.90. The van der Waals surface area contributed by atoms with Crippen LogP contribution < -0.4 is 0 Å². The molecule has 3 heteroatoms. The summed E-state index contributed by atoms with van der Waals surface area (Å²) in [5, 5.41) is 0.558. The van der Waals surface area contributed by atoms with Crippen LogP contribution in [0.5, 0.6) is 0 Å². The van der Waals surface area contributed by atoms with Crippen molar-refractivity contribution in [1.29, 1.82) is 0 Å². The van der Waals surface area contributed by atoms with E-state index in [9.17, 15) is 4.79 Å². The summed E-state index contributed by atoms with van der Waals surface area (Å²) in [6, 6.07) is 9.67. The Labute approximate surface area is 98.8 Å². The molecular weight excluding hydrogens is 256 g/mol. The molecule has 0 spiro atoms. The van der Waals surface area contributed by atoms with E-state index in [4.69, 9.17) is 4.74 Å². The van der Waals surface area contributed by atoms with E-state index in [0.717, 1.165) is 5.56 Å². The van der Waals surface area contributed by atoms with E-state index in [1.807, 2.05) is 44.2 Å². The summed E-state index contributed by atoms with van der Waals surface area (Å²) in [4.78, 5) is 11.8. The molecular formula is C12H15BrO2. The predicted octanol–water partition coefficient (Wildman–Crippen LogP) is 2.90. The Kier molecular flexibility index (Phi) is 4.33. The monoisotopic (exact) mass is 270 g/mol. The van der Waals surface area contributed by atoms with E-state index in [2.05, 4.69) is 15.9 Å². The molecule has 0 heterocycles. The largest absolute Gasteiger partial charge is 0.465 e. The zero-order valence-corrected chi connectivity index (χ0v) is 10.6. The highest BCUT2D eigenvalue weighted by Crippen LogP contribution is 2.27. The van der Waals surface area contributed by atoms with E-state index in [0.29, 0.717) is 11.9 Å². The molecule has 0 N–H and O–H groups in total. The first-order valence-electron chi connectivity index (χ1n) is 4.94. The summed E-state index contributed by atoms with van der Waals surface area (Å²) in [5.74, 6) is -0.187. The van der Waals surface area contributed by atoms with Crippen LogP contribution in [0.2, 0.25) is 0 Å². The van der Waals surface area contributed by atoms with Crippen molar-refractivity contribution >= 4 is 21.9 Å². The fourth-order valence-electron chi connectivity index (χ4n) is 1.35. The molecule has 2 nitrogen and oxygen atoms in total. The molecule has 0 bridgehead atoms. The second-order valence-electron chi connectivity index (χ2n) is 3.55. The molecule has 0 saturated heterocycles. The van der Waals surface area contributed by atoms with Crippen molar-refractivity contribution in [3.63, 3.8) is 0 Å². The van der Waals surface area contributed by atoms with Crippen LogP contribution in [0.15, 0.2) is 30.3 Å². The lowest BCUT2D eigenvalue weighted by Gasteiger charge is -2.25. The van der Waals surface area contributed by atoms with Crippen LogP contribution in [0.1, 0.15) is 19.4 Å². The van der Waals surface area contributed by atoms with Gasteiger partial charge >= 0.3 is 5.97 Å². The SMILES string of the molecule is CCOC(=O)C(C)(CBr)c1ccccc1. The first-order valence-corrected chi connectivity index (χ1v) is 6.06. The number of carbonyl (C=O) groups is 1. The maximum Gasteiger partial charge on any atom is 0.317 e. The standard InChI is InChI=1S/C12H15BrO2/c1-3-15-11(14)12(2,9-13)10-7-5-4-6-8-10/h4-8H,3,9H2,1-2H3. The number of hydrogen-bond acceptors (Lipinski definition) is 2. The summed E-state index contributed by atoms with van der Waals surface area (Å²) in [7, 11) is 0. The quantitative estimate of drug-likeness (QED) is 0.621. The summed E-state index contributed by atoms with van der Waals surface area (Å²) < 4.78 is 5.08. The predicted molar refractivity (Wildman–Crippen MR) is 64.2 cm³/mol. The zero-order chi connectivity index (χ0) is 11.3. The number of carbonyl (C=O) groups excluding carboxylic acids is 1. The minimum absolute atomic E-state index is 0.187. The molecule has 0 amide bonds. The van der Waals surface area contributed by atoms with Gasteiger partial charge in [-0.15, -0.1) is 0 Å². The number of ether oxygens (including phenoxy) is 1. The van der Waals surface area contributed by atoms with E-state index in [1.165, 1.54) is 0 Å². The first-order chi connectivity index (χ1) is 7.15. The van der Waals surface area contributed by atoms with Gasteiger partial charge in [-0.05, 0) is 19.4 Å². The molecule has 1 rings (SSSR count). The average Bonchev–Trinajstić information content (AvgIpc) is 2.29. The van der Waals surface area contributed by atoms with Gasteiger partial charge in [-0.1, -0.05) is 46.3 Å². The third-order valence-corrected chi connectivity index (χ3v) is 3.53. The van der Waals surface area contributed by atoms with Gasteiger partial charge in [0.1, 0.15) is 0 Å². The van der Waals surface area contributed by atoms with Gasteiger partial charge in [0.05, 0.1) is 12.0 Å². The Balaban J connectivity index is 3.00. The third-order valence-electron chi connectivity index (χ3n) is 2.40. The van der Waals surface area contributed by atoms with Crippen molar-refractivity contribution < 1.29 is 9.53 Å². The molecule has 0 radical (unpaired) electrons. The van der Waals surface area contributed by atoms with Crippen molar-refractivity contribution in [2.24, 2.45) is 0 Å². The number of alkyl halides is 1. The van der Waals surface area contributed by atoms with Gasteiger partial charge in [0.2, 0.25) is 0 Å². The summed E-state index contributed by atoms with van der Waals surface area (Å²) >= 11 is 3.38. The Hall–Kier alpha value is -0.830. The van der Waals surface area contributed by atoms with Gasteiger partial charge in [-0.3, -0.25) is 4.79 Å². The zero-order valence-electron chi connectivity index (χ0n) is 9.00. The van der Waals surface area contributed by atoms with Crippen LogP contribution in [0.3, 0.4) is 0 Å². The molecule has 1 aromatic carbocycles. The molecule has 0 fully saturated rings. The van der Waals surface area contributed by atoms with E-state index >= 15 is 0 Å². The Bertz CT molecular complexity index is 324. The minimum atomic E-state index is -0.600. The molecule has 1 unspecified atom stereocenters. The van der Waals surface area contributed by atoms with Crippen molar-refractivity contribution in [1.82, 2.24) is 0 Å². The summed E-state index contributed by atoms with van der Waals surface area (Å²) in [6.07, 6.45) is 0. The molecule has 1 aromatic rings. The molecule has 0 aliphatic heterocycles.